The third kappa shape index (κ3) is 8.91. The number of fused-ring (bicyclic) bond motifs is 3. The maximum absolute atomic E-state index is 14.3. The number of benzene rings is 5. The lowest BCUT2D eigenvalue weighted by Crippen LogP contribution is -2.29. The molecule has 14 nitrogen and oxygen atoms in total. The average molecular weight is 881 g/mol. The number of phenolic OH excluding ortho intramolecular Hbond substituents is 1. The number of hydrogen-bond donors (Lipinski definition) is 6. The molecule has 1 aliphatic heterocycles. The lowest BCUT2D eigenvalue weighted by Gasteiger charge is -2.18. The van der Waals surface area contributed by atoms with Crippen molar-refractivity contribution < 1.29 is 33.0 Å². The molecule has 2 amide bonds. The van der Waals surface area contributed by atoms with E-state index in [2.05, 4.69) is 26.7 Å². The minimum Gasteiger partial charge on any atom is -0.506 e. The first-order valence-corrected chi connectivity index (χ1v) is 22.5. The van der Waals surface area contributed by atoms with Crippen LogP contribution in [0.1, 0.15) is 68.3 Å². The Morgan fingerprint density at radius 1 is 0.938 bits per heavy atom. The predicted octanol–water partition coefficient (Wildman–Crippen LogP) is 7.01. The van der Waals surface area contributed by atoms with Gasteiger partial charge in [-0.25, -0.2) is 8.42 Å². The summed E-state index contributed by atoms with van der Waals surface area (Å²) in [7, 11) is -2.63. The molecule has 0 aliphatic carbocycles. The van der Waals surface area contributed by atoms with Gasteiger partial charge in [0.1, 0.15) is 11.5 Å². The van der Waals surface area contributed by atoms with E-state index in [0.717, 1.165) is 36.9 Å². The molecule has 64 heavy (non-hydrogen) atoms. The van der Waals surface area contributed by atoms with E-state index in [1.807, 2.05) is 12.1 Å². The molecule has 0 saturated heterocycles. The normalized spacial score (nSPS) is 13.0. The van der Waals surface area contributed by atoms with Gasteiger partial charge in [-0.05, 0) is 122 Å². The summed E-state index contributed by atoms with van der Waals surface area (Å²) in [6, 6.07) is 28.4. The second kappa shape index (κ2) is 18.3. The Balaban J connectivity index is 0.906. The number of aromatic nitrogens is 2. The molecular weight excluding hydrogens is 833 g/mol. The molecule has 5 aromatic carbocycles. The largest absolute Gasteiger partial charge is 0.506 e. The molecule has 7 N–H and O–H groups in total. The number of hydrogen-bond acceptors (Lipinski definition) is 11. The molecule has 2 aromatic heterocycles. The van der Waals surface area contributed by atoms with Gasteiger partial charge < -0.3 is 41.2 Å². The number of aryl methyl sites for hydroxylation is 2. The Morgan fingerprint density at radius 2 is 1.77 bits per heavy atom. The fraction of sp³-hybridized carbons (Fsp3) is 0.224. The monoisotopic (exact) mass is 880 g/mol. The molecule has 0 radical (unpaired) electrons. The molecule has 3 heterocycles. The first-order chi connectivity index (χ1) is 30.8. The summed E-state index contributed by atoms with van der Waals surface area (Å²) in [5.41, 5.74) is 11.7. The minimum atomic E-state index is -4.17. The van der Waals surface area contributed by atoms with Gasteiger partial charge in [0.25, 0.3) is 11.8 Å². The number of pyridine rings is 2. The molecule has 0 bridgehead atoms. The summed E-state index contributed by atoms with van der Waals surface area (Å²) in [5, 5.41) is 28.5. The van der Waals surface area contributed by atoms with Crippen LogP contribution in [-0.2, 0) is 22.7 Å². The number of aromatic amines is 1. The number of unbranched alkanes of at least 4 members (excludes halogenated alkanes) is 2. The molecule has 328 valence electrons. The van der Waals surface area contributed by atoms with E-state index in [1.165, 1.54) is 55.3 Å². The zero-order chi connectivity index (χ0) is 45.1. The van der Waals surface area contributed by atoms with Crippen molar-refractivity contribution in [2.75, 3.05) is 37.0 Å². The van der Waals surface area contributed by atoms with Gasteiger partial charge in [-0.2, -0.15) is 0 Å². The Morgan fingerprint density at radius 3 is 2.58 bits per heavy atom. The van der Waals surface area contributed by atoms with Crippen molar-refractivity contribution in [1.82, 2.24) is 15.3 Å². The summed E-state index contributed by atoms with van der Waals surface area (Å²) in [4.78, 5) is 47.0. The molecule has 1 aliphatic rings. The number of phenols is 1. The number of rotatable bonds is 16. The van der Waals surface area contributed by atoms with Crippen LogP contribution in [0.15, 0.2) is 124 Å². The van der Waals surface area contributed by atoms with Crippen molar-refractivity contribution in [3.05, 3.63) is 153 Å². The molecule has 0 fully saturated rings. The van der Waals surface area contributed by atoms with Gasteiger partial charge in [-0.15, -0.1) is 0 Å². The highest BCUT2D eigenvalue weighted by atomic mass is 32.2. The molecule has 0 unspecified atom stereocenters. The highest BCUT2D eigenvalue weighted by molar-refractivity contribution is 7.91. The fourth-order valence-electron chi connectivity index (χ4n) is 8.33. The van der Waals surface area contributed by atoms with Crippen LogP contribution in [0.4, 0.5) is 17.1 Å². The number of anilines is 3. The number of amides is 2. The van der Waals surface area contributed by atoms with E-state index in [1.54, 1.807) is 60.4 Å². The minimum absolute atomic E-state index is 0.0341. The van der Waals surface area contributed by atoms with Gasteiger partial charge in [0.05, 0.1) is 45.3 Å². The van der Waals surface area contributed by atoms with Crippen LogP contribution < -0.4 is 31.6 Å². The van der Waals surface area contributed by atoms with E-state index in [9.17, 15) is 33.0 Å². The molecular formula is C49H48N6O8S. The standard InChI is InChI=1S/C49H48N6O8S/c1-29-22-36(26-39-45(29)52-27-40(48(50)59)46(39)53-33-10-7-11-34(25-33)63-2)64(61,62)35-12-6-9-32(24-35)49(60)55-21-19-31-23-30(13-16-41(31)55)8-4-3-5-20-51-28-43(57)37-14-17-42(56)47-38(37)15-18-44(58)54-47/h6-7,9-18,22-27,43,51,56-57H,3-5,8,19-21,28H2,1-2H3,(H2,50,59)(H,52,53)(H,54,58)/t43-/m0/s1. The molecule has 0 saturated carbocycles. The number of aromatic hydroxyl groups is 1. The third-order valence-electron chi connectivity index (χ3n) is 11.6. The number of carbonyl (C=O) groups excluding carboxylic acids is 2. The maximum atomic E-state index is 14.3. The molecule has 0 spiro atoms. The van der Waals surface area contributed by atoms with Crippen molar-refractivity contribution in [3.63, 3.8) is 0 Å². The van der Waals surface area contributed by atoms with E-state index in [4.69, 9.17) is 10.5 Å². The number of aliphatic hydroxyl groups is 1. The second-order valence-electron chi connectivity index (χ2n) is 15.9. The zero-order valence-corrected chi connectivity index (χ0v) is 36.2. The number of nitrogens with one attached hydrogen (secondary N) is 3. The van der Waals surface area contributed by atoms with Crippen molar-refractivity contribution in [1.29, 1.82) is 0 Å². The van der Waals surface area contributed by atoms with E-state index < -0.39 is 21.8 Å². The number of methoxy groups -OCH3 is 1. The molecule has 8 rings (SSSR count). The van der Waals surface area contributed by atoms with Gasteiger partial charge >= 0.3 is 0 Å². The second-order valence-corrected chi connectivity index (χ2v) is 17.9. The van der Waals surface area contributed by atoms with E-state index >= 15 is 0 Å². The quantitative estimate of drug-likeness (QED) is 0.0543. The number of carbonyl (C=O) groups is 2. The van der Waals surface area contributed by atoms with Crippen LogP contribution >= 0.6 is 0 Å². The van der Waals surface area contributed by atoms with Crippen molar-refractivity contribution in [2.45, 2.75) is 54.9 Å². The van der Waals surface area contributed by atoms with Crippen LogP contribution in [0.2, 0.25) is 0 Å². The first kappa shape index (κ1) is 43.6. The summed E-state index contributed by atoms with van der Waals surface area (Å²) in [6.45, 7) is 3.25. The highest BCUT2D eigenvalue weighted by Gasteiger charge is 2.28. The fourth-order valence-corrected chi connectivity index (χ4v) is 9.75. The van der Waals surface area contributed by atoms with Crippen molar-refractivity contribution in [3.8, 4) is 11.5 Å². The topological polar surface area (TPSA) is 217 Å². The van der Waals surface area contributed by atoms with Gasteiger partial charge in [0.2, 0.25) is 15.4 Å². The third-order valence-corrected chi connectivity index (χ3v) is 13.4. The Labute approximate surface area is 369 Å². The zero-order valence-electron chi connectivity index (χ0n) is 35.4. The number of nitrogens with zero attached hydrogens (tertiary/aromatic N) is 2. The molecule has 1 atom stereocenters. The molecule has 15 heteroatoms. The number of primary amides is 1. The summed E-state index contributed by atoms with van der Waals surface area (Å²) in [5.74, 6) is -0.511. The van der Waals surface area contributed by atoms with Gasteiger partial charge in [0.15, 0.2) is 0 Å². The van der Waals surface area contributed by atoms with Crippen LogP contribution in [0.3, 0.4) is 0 Å². The van der Waals surface area contributed by atoms with Gasteiger partial charge in [-0.3, -0.25) is 19.4 Å². The number of aliphatic hydroxyl groups excluding tert-OH is 1. The SMILES string of the molecule is COc1cccc(Nc2c(C(N)=O)cnc3c(C)cc(S(=O)(=O)c4cccc(C(=O)N5CCc6cc(CCCCCNC[C@H](O)c7ccc(O)c8[nH]c(=O)ccc78)ccc65)c4)cc23)c1. The number of H-pyrrole nitrogens is 1. The Hall–Kier alpha value is -7.07. The molecule has 7 aromatic rings. The van der Waals surface area contributed by atoms with Crippen LogP contribution in [-0.4, -0.2) is 67.2 Å². The average Bonchev–Trinajstić information content (AvgIpc) is 3.72. The lowest BCUT2D eigenvalue weighted by molar-refractivity contribution is 0.0985. The van der Waals surface area contributed by atoms with Crippen molar-refractivity contribution >= 4 is 60.5 Å². The smallest absolute Gasteiger partial charge is 0.258 e. The maximum Gasteiger partial charge on any atom is 0.258 e. The first-order valence-electron chi connectivity index (χ1n) is 21.0. The predicted molar refractivity (Wildman–Crippen MR) is 247 cm³/mol. The number of sulfone groups is 1. The van der Waals surface area contributed by atoms with Crippen LogP contribution in [0, 0.1) is 6.92 Å². The highest BCUT2D eigenvalue weighted by Crippen LogP contribution is 2.36. The van der Waals surface area contributed by atoms with E-state index in [0.29, 0.717) is 76.1 Å². The van der Waals surface area contributed by atoms with Gasteiger partial charge in [0, 0.05) is 59.1 Å². The van der Waals surface area contributed by atoms with Gasteiger partial charge in [-0.1, -0.05) is 36.8 Å². The van der Waals surface area contributed by atoms with Crippen molar-refractivity contribution in [2.24, 2.45) is 5.73 Å². The van der Waals surface area contributed by atoms with E-state index in [-0.39, 0.29) is 38.1 Å². The summed E-state index contributed by atoms with van der Waals surface area (Å²) >= 11 is 0. The lowest BCUT2D eigenvalue weighted by atomic mass is 10.0. The summed E-state index contributed by atoms with van der Waals surface area (Å²) < 4.78 is 34.0. The van der Waals surface area contributed by atoms with Crippen LogP contribution in [0.25, 0.3) is 21.8 Å². The summed E-state index contributed by atoms with van der Waals surface area (Å²) in [6.07, 6.45) is 4.94. The number of nitrogens with two attached hydrogens (primary N) is 1. The van der Waals surface area contributed by atoms with Crippen LogP contribution in [0.5, 0.6) is 11.5 Å². The Bertz CT molecular complexity index is 3120. The number of ether oxygens (including phenoxy) is 1. The Kier molecular flexibility index (Phi) is 12.5.